The predicted molar refractivity (Wildman–Crippen MR) is 141 cm³/mol. The van der Waals surface area contributed by atoms with Crippen molar-refractivity contribution in [1.29, 1.82) is 0 Å². The van der Waals surface area contributed by atoms with Gasteiger partial charge in [0.25, 0.3) is 5.91 Å². The Labute approximate surface area is 215 Å². The van der Waals surface area contributed by atoms with E-state index in [0.29, 0.717) is 29.0 Å². The van der Waals surface area contributed by atoms with Gasteiger partial charge in [-0.3, -0.25) is 9.59 Å². The average Bonchev–Trinajstić information content (AvgIpc) is 3.65. The summed E-state index contributed by atoms with van der Waals surface area (Å²) in [4.78, 5) is 29.3. The molecule has 5 aromatic rings. The lowest BCUT2D eigenvalue weighted by Gasteiger charge is -2.25. The Hall–Kier alpha value is -3.81. The van der Waals surface area contributed by atoms with Crippen LogP contribution in [0.2, 0.25) is 5.02 Å². The number of aliphatic hydroxyl groups is 1. The topological polar surface area (TPSA) is 75.7 Å². The van der Waals surface area contributed by atoms with E-state index in [-0.39, 0.29) is 11.3 Å². The number of aliphatic hydroxyl groups excluding tert-OH is 1. The number of aromatic nitrogens is 1. The fourth-order valence-electron chi connectivity index (χ4n) is 4.98. The van der Waals surface area contributed by atoms with E-state index in [1.54, 1.807) is 29.2 Å². The minimum atomic E-state index is -0.697. The summed E-state index contributed by atoms with van der Waals surface area (Å²) in [5.41, 5.74) is 2.74. The summed E-state index contributed by atoms with van der Waals surface area (Å²) in [7, 11) is 1.99. The van der Waals surface area contributed by atoms with Gasteiger partial charge < -0.3 is 19.0 Å². The molecule has 6 rings (SSSR count). The third-order valence-electron chi connectivity index (χ3n) is 6.66. The first-order valence-electron chi connectivity index (χ1n) is 11.5. The number of ketones is 1. The number of hydrogen-bond donors (Lipinski definition) is 1. The van der Waals surface area contributed by atoms with Gasteiger partial charge in [0.2, 0.25) is 5.78 Å². The smallest absolute Gasteiger partial charge is 0.290 e. The fourth-order valence-corrected chi connectivity index (χ4v) is 6.01. The van der Waals surface area contributed by atoms with Gasteiger partial charge in [0.15, 0.2) is 11.5 Å². The summed E-state index contributed by atoms with van der Waals surface area (Å²) < 4.78 is 7.84. The van der Waals surface area contributed by atoms with Crippen LogP contribution >= 0.6 is 22.9 Å². The maximum Gasteiger partial charge on any atom is 0.290 e. The first-order valence-corrected chi connectivity index (χ1v) is 12.7. The van der Waals surface area contributed by atoms with Crippen molar-refractivity contribution in [3.8, 4) is 0 Å². The molecule has 1 unspecified atom stereocenters. The van der Waals surface area contributed by atoms with E-state index in [2.05, 4.69) is 22.9 Å². The second kappa shape index (κ2) is 8.69. The minimum absolute atomic E-state index is 0.0329. The van der Waals surface area contributed by atoms with Crippen molar-refractivity contribution in [1.82, 2.24) is 9.47 Å². The monoisotopic (exact) mass is 516 g/mol. The molecule has 3 aromatic heterocycles. The predicted octanol–water partition coefficient (Wildman–Crippen LogP) is 6.46. The molecule has 180 valence electrons. The van der Waals surface area contributed by atoms with Gasteiger partial charge in [-0.25, -0.2) is 0 Å². The number of Topliss-reactive ketones (excluding diaryl/α,β-unsaturated/α-hetero) is 1. The van der Waals surface area contributed by atoms with Gasteiger partial charge in [-0.05, 0) is 53.8 Å². The molecule has 0 radical (unpaired) electrons. The number of para-hydroxylation sites is 1. The number of halogens is 1. The number of hydrogen-bond acceptors (Lipinski definition) is 5. The van der Waals surface area contributed by atoms with Crippen LogP contribution in [0.15, 0.2) is 88.0 Å². The van der Waals surface area contributed by atoms with Crippen molar-refractivity contribution in [2.24, 2.45) is 7.05 Å². The van der Waals surface area contributed by atoms with Crippen LogP contribution in [-0.4, -0.2) is 32.8 Å². The third-order valence-corrected chi connectivity index (χ3v) is 7.82. The standard InChI is InChI=1S/C28H21ClN2O4S/c1-30-15-16(19-5-2-3-6-20(19)30)10-11-31-25(23-7-4-12-36-23)24(27(33)28(31)34)26(32)22-14-17-13-18(29)8-9-21(17)35-22/h2-9,12-15,25,33H,10-11H2,1H3. The van der Waals surface area contributed by atoms with Gasteiger partial charge >= 0.3 is 0 Å². The number of carbonyl (C=O) groups is 2. The van der Waals surface area contributed by atoms with Gasteiger partial charge in [-0.15, -0.1) is 11.3 Å². The van der Waals surface area contributed by atoms with Crippen molar-refractivity contribution in [2.45, 2.75) is 12.5 Å². The van der Waals surface area contributed by atoms with Gasteiger partial charge in [-0.2, -0.15) is 0 Å². The van der Waals surface area contributed by atoms with Crippen molar-refractivity contribution < 1.29 is 19.1 Å². The van der Waals surface area contributed by atoms with Crippen LogP contribution in [0, 0.1) is 0 Å². The largest absolute Gasteiger partial charge is 0.503 e. The molecule has 1 N–H and O–H groups in total. The number of benzene rings is 2. The highest BCUT2D eigenvalue weighted by molar-refractivity contribution is 7.10. The minimum Gasteiger partial charge on any atom is -0.503 e. The molecule has 1 aliphatic rings. The number of rotatable bonds is 6. The van der Waals surface area contributed by atoms with Crippen LogP contribution in [0.5, 0.6) is 0 Å². The van der Waals surface area contributed by atoms with Crippen LogP contribution in [0.4, 0.5) is 0 Å². The van der Waals surface area contributed by atoms with E-state index in [9.17, 15) is 14.7 Å². The lowest BCUT2D eigenvalue weighted by atomic mass is 10.00. The van der Waals surface area contributed by atoms with Crippen molar-refractivity contribution in [3.05, 3.63) is 105 Å². The van der Waals surface area contributed by atoms with Crippen molar-refractivity contribution in [3.63, 3.8) is 0 Å². The van der Waals surface area contributed by atoms with Crippen LogP contribution in [0.25, 0.3) is 21.9 Å². The third kappa shape index (κ3) is 3.63. The highest BCUT2D eigenvalue weighted by atomic mass is 35.5. The first kappa shape index (κ1) is 22.6. The summed E-state index contributed by atoms with van der Waals surface area (Å²) in [6, 6.07) is 17.8. The van der Waals surface area contributed by atoms with E-state index in [1.807, 2.05) is 36.7 Å². The Morgan fingerprint density at radius 3 is 2.78 bits per heavy atom. The molecule has 0 bridgehead atoms. The van der Waals surface area contributed by atoms with Gasteiger partial charge in [0.1, 0.15) is 5.58 Å². The SMILES string of the molecule is Cn1cc(CCN2C(=O)C(O)=C(C(=O)c3cc4cc(Cl)ccc4o3)C2c2cccs2)c2ccccc21. The summed E-state index contributed by atoms with van der Waals surface area (Å²) in [5, 5.41) is 15.1. The number of carbonyl (C=O) groups excluding carboxylic acids is 2. The van der Waals surface area contributed by atoms with Gasteiger partial charge in [0, 0.05) is 46.0 Å². The Kier molecular flexibility index (Phi) is 5.47. The number of furan rings is 1. The lowest BCUT2D eigenvalue weighted by molar-refractivity contribution is -0.129. The Bertz CT molecular complexity index is 1680. The zero-order chi connectivity index (χ0) is 25.0. The first-order chi connectivity index (χ1) is 17.4. The van der Waals surface area contributed by atoms with Crippen LogP contribution in [-0.2, 0) is 18.3 Å². The second-order valence-electron chi connectivity index (χ2n) is 8.83. The molecular formula is C28H21ClN2O4S. The lowest BCUT2D eigenvalue weighted by Crippen LogP contribution is -2.32. The highest BCUT2D eigenvalue weighted by Crippen LogP contribution is 2.41. The Morgan fingerprint density at radius 1 is 1.14 bits per heavy atom. The van der Waals surface area contributed by atoms with E-state index in [0.717, 1.165) is 21.3 Å². The second-order valence-corrected chi connectivity index (χ2v) is 10.2. The molecule has 1 aliphatic heterocycles. The normalized spacial score (nSPS) is 16.1. The molecule has 0 spiro atoms. The van der Waals surface area contributed by atoms with Crippen LogP contribution < -0.4 is 0 Å². The van der Waals surface area contributed by atoms with Crippen LogP contribution in [0.1, 0.15) is 27.0 Å². The molecule has 0 saturated carbocycles. The molecule has 8 heteroatoms. The zero-order valence-corrected chi connectivity index (χ0v) is 20.8. The molecule has 2 aromatic carbocycles. The number of amides is 1. The summed E-state index contributed by atoms with van der Waals surface area (Å²) >= 11 is 7.52. The van der Waals surface area contributed by atoms with Crippen LogP contribution in [0.3, 0.4) is 0 Å². The van der Waals surface area contributed by atoms with Gasteiger partial charge in [0.05, 0.1) is 11.6 Å². The van der Waals surface area contributed by atoms with E-state index < -0.39 is 23.5 Å². The number of aryl methyl sites for hydroxylation is 1. The van der Waals surface area contributed by atoms with Gasteiger partial charge in [-0.1, -0.05) is 35.9 Å². The Morgan fingerprint density at radius 2 is 1.97 bits per heavy atom. The summed E-state index contributed by atoms with van der Waals surface area (Å²) in [5.74, 6) is -1.55. The number of fused-ring (bicyclic) bond motifs is 2. The number of thiophene rings is 1. The Balaban J connectivity index is 1.36. The summed E-state index contributed by atoms with van der Waals surface area (Å²) in [6.45, 7) is 0.339. The maximum absolute atomic E-state index is 13.6. The molecule has 4 heterocycles. The quantitative estimate of drug-likeness (QED) is 0.263. The average molecular weight is 517 g/mol. The zero-order valence-electron chi connectivity index (χ0n) is 19.3. The highest BCUT2D eigenvalue weighted by Gasteiger charge is 2.44. The molecule has 0 aliphatic carbocycles. The summed E-state index contributed by atoms with van der Waals surface area (Å²) in [6.07, 6.45) is 2.64. The van der Waals surface area contributed by atoms with Crippen molar-refractivity contribution >= 4 is 56.5 Å². The number of nitrogens with zero attached hydrogens (tertiary/aromatic N) is 2. The molecule has 6 nitrogen and oxygen atoms in total. The molecule has 0 saturated heterocycles. The molecule has 1 atom stereocenters. The molecule has 1 amide bonds. The molecule has 36 heavy (non-hydrogen) atoms. The fraction of sp³-hybridized carbons (Fsp3) is 0.143. The van der Waals surface area contributed by atoms with E-state index in [4.69, 9.17) is 16.0 Å². The van der Waals surface area contributed by atoms with E-state index >= 15 is 0 Å². The van der Waals surface area contributed by atoms with Crippen molar-refractivity contribution in [2.75, 3.05) is 6.54 Å². The molecular weight excluding hydrogens is 496 g/mol. The van der Waals surface area contributed by atoms with E-state index in [1.165, 1.54) is 11.3 Å². The maximum atomic E-state index is 13.6. The molecule has 0 fully saturated rings.